The molecule has 0 aliphatic carbocycles. The Morgan fingerprint density at radius 1 is 0.976 bits per heavy atom. The molecule has 5 aromatic rings. The van der Waals surface area contributed by atoms with Crippen molar-refractivity contribution in [3.63, 3.8) is 0 Å². The van der Waals surface area contributed by atoms with E-state index in [4.69, 9.17) is 19.0 Å². The van der Waals surface area contributed by atoms with Crippen LogP contribution in [0.4, 0.5) is 8.78 Å². The molecule has 2 heterocycles. The van der Waals surface area contributed by atoms with Crippen molar-refractivity contribution in [3.8, 4) is 16.9 Å². The molecule has 0 saturated carbocycles. The fraction of sp³-hybridized carbons (Fsp3) is 0.250. The molecule has 0 amide bonds. The fourth-order valence-corrected chi connectivity index (χ4v) is 4.57. The number of aromatic nitrogens is 3. The summed E-state index contributed by atoms with van der Waals surface area (Å²) in [7, 11) is 1.34. The maximum atomic E-state index is 13.7. The number of carbonyl (C=O) groups is 1. The van der Waals surface area contributed by atoms with Crippen molar-refractivity contribution < 1.29 is 27.6 Å². The maximum Gasteiger partial charge on any atom is 0.305 e. The lowest BCUT2D eigenvalue weighted by Crippen LogP contribution is -2.24. The van der Waals surface area contributed by atoms with E-state index < -0.39 is 11.9 Å². The van der Waals surface area contributed by atoms with E-state index in [0.29, 0.717) is 58.7 Å². The first kappa shape index (κ1) is 28.8. The first-order chi connectivity index (χ1) is 20.3. The minimum atomic E-state index is -0.410. The number of benzene rings is 3. The Balaban J connectivity index is 1.41. The van der Waals surface area contributed by atoms with Crippen LogP contribution in [0.1, 0.15) is 49.4 Å². The van der Waals surface area contributed by atoms with Crippen molar-refractivity contribution in [1.82, 2.24) is 14.7 Å². The van der Waals surface area contributed by atoms with Gasteiger partial charge in [0.15, 0.2) is 5.76 Å². The van der Waals surface area contributed by atoms with Crippen LogP contribution in [0.25, 0.3) is 27.8 Å². The molecule has 0 unspecified atom stereocenters. The molecule has 42 heavy (non-hydrogen) atoms. The zero-order chi connectivity index (χ0) is 29.6. The number of fused-ring (bicyclic) bond motifs is 1. The Bertz CT molecular complexity index is 1750. The number of nitrogens with zero attached hydrogens (tertiary/aromatic N) is 3. The van der Waals surface area contributed by atoms with Crippen molar-refractivity contribution in [2.45, 2.75) is 45.3 Å². The van der Waals surface area contributed by atoms with E-state index in [1.54, 1.807) is 36.4 Å². The summed E-state index contributed by atoms with van der Waals surface area (Å²) in [5.74, 6) is -0.0178. The van der Waals surface area contributed by atoms with Crippen LogP contribution >= 0.6 is 0 Å². The van der Waals surface area contributed by atoms with Gasteiger partial charge >= 0.3 is 5.97 Å². The van der Waals surface area contributed by atoms with Gasteiger partial charge in [0.2, 0.25) is 0 Å². The molecule has 0 radical (unpaired) electrons. The van der Waals surface area contributed by atoms with Crippen molar-refractivity contribution in [3.05, 3.63) is 112 Å². The van der Waals surface area contributed by atoms with Crippen LogP contribution in [0.3, 0.4) is 0 Å². The number of rotatable bonds is 11. The topological polar surface area (TPSA) is 96.5 Å². The second-order valence-electron chi connectivity index (χ2n) is 9.85. The molecule has 0 spiro atoms. The zero-order valence-corrected chi connectivity index (χ0v) is 23.2. The van der Waals surface area contributed by atoms with Crippen LogP contribution in [0.2, 0.25) is 0 Å². The second kappa shape index (κ2) is 12.9. The summed E-state index contributed by atoms with van der Waals surface area (Å²) in [6, 6.07) is 18.7. The summed E-state index contributed by atoms with van der Waals surface area (Å²) in [5.41, 5.74) is 2.77. The molecular weight excluding hydrogens is 544 g/mol. The number of halogens is 2. The Hall–Kier alpha value is -4.70. The molecule has 8 nitrogen and oxygen atoms in total. The molecule has 0 aliphatic heterocycles. The highest BCUT2D eigenvalue weighted by molar-refractivity contribution is 5.83. The quantitative estimate of drug-likeness (QED) is 0.132. The number of carbonyl (C=O) groups excluding carboxylic acids is 1. The Morgan fingerprint density at radius 3 is 2.40 bits per heavy atom. The Morgan fingerprint density at radius 2 is 1.69 bits per heavy atom. The highest BCUT2D eigenvalue weighted by atomic mass is 19.1. The van der Waals surface area contributed by atoms with E-state index in [0.717, 1.165) is 5.56 Å². The highest BCUT2D eigenvalue weighted by Gasteiger charge is 2.17. The molecule has 216 valence electrons. The molecule has 1 atom stereocenters. The first-order valence-electron chi connectivity index (χ1n) is 13.5. The summed E-state index contributed by atoms with van der Waals surface area (Å²) in [4.78, 5) is 30.0. The standard InChI is InChI=1S/C32H29F2N3O5/c1-20(41-19-21-7-10-23(33)11-8-21)29-18-27(36-42-29)22-9-16-26-28(17-22)35-30(5-3-4-6-31(38)40-2)37(32(26)39)25-14-12-24(34)13-15-25/h7-18,20H,3-6,19H2,1-2H3/t20-/m1/s1. The van der Waals surface area contributed by atoms with E-state index in [2.05, 4.69) is 5.16 Å². The van der Waals surface area contributed by atoms with E-state index in [9.17, 15) is 18.4 Å². The van der Waals surface area contributed by atoms with Gasteiger partial charge in [0, 0.05) is 24.5 Å². The van der Waals surface area contributed by atoms with Crippen LogP contribution in [0, 0.1) is 11.6 Å². The third kappa shape index (κ3) is 6.60. The Labute approximate surface area is 240 Å². The highest BCUT2D eigenvalue weighted by Crippen LogP contribution is 2.27. The van der Waals surface area contributed by atoms with Gasteiger partial charge < -0.3 is 14.0 Å². The Kier molecular flexibility index (Phi) is 8.83. The molecule has 2 aromatic heterocycles. The third-order valence-corrected chi connectivity index (χ3v) is 6.92. The minimum absolute atomic E-state index is 0.259. The van der Waals surface area contributed by atoms with Crippen LogP contribution in [0.5, 0.6) is 0 Å². The number of unbranched alkanes of at least 4 members (excludes halogenated alkanes) is 1. The SMILES string of the molecule is COC(=O)CCCCc1nc2cc(-c3cc([C@@H](C)OCc4ccc(F)cc4)on3)ccc2c(=O)n1-c1ccc(F)cc1. The zero-order valence-electron chi connectivity index (χ0n) is 23.2. The van der Waals surface area contributed by atoms with E-state index in [1.165, 1.54) is 48.1 Å². The molecule has 0 aliphatic rings. The van der Waals surface area contributed by atoms with E-state index >= 15 is 0 Å². The summed E-state index contributed by atoms with van der Waals surface area (Å²) < 4.78 is 44.4. The van der Waals surface area contributed by atoms with E-state index in [1.807, 2.05) is 6.92 Å². The van der Waals surface area contributed by atoms with E-state index in [-0.39, 0.29) is 30.4 Å². The van der Waals surface area contributed by atoms with Crippen LogP contribution in [-0.4, -0.2) is 27.8 Å². The van der Waals surface area contributed by atoms with Crippen molar-refractivity contribution >= 4 is 16.9 Å². The normalized spacial score (nSPS) is 12.0. The molecule has 0 N–H and O–H groups in total. The number of aryl methyl sites for hydroxylation is 1. The lowest BCUT2D eigenvalue weighted by atomic mass is 10.1. The molecule has 5 rings (SSSR count). The number of methoxy groups -OCH3 is 1. The van der Waals surface area contributed by atoms with Gasteiger partial charge in [-0.15, -0.1) is 0 Å². The lowest BCUT2D eigenvalue weighted by Gasteiger charge is -2.14. The number of hydrogen-bond acceptors (Lipinski definition) is 7. The van der Waals surface area contributed by atoms with Gasteiger partial charge in [0.05, 0.1) is 30.3 Å². The van der Waals surface area contributed by atoms with Gasteiger partial charge in [0.25, 0.3) is 5.56 Å². The van der Waals surface area contributed by atoms with Gasteiger partial charge in [-0.1, -0.05) is 23.4 Å². The number of esters is 1. The van der Waals surface area contributed by atoms with Crippen molar-refractivity contribution in [2.75, 3.05) is 7.11 Å². The molecule has 0 saturated heterocycles. The van der Waals surface area contributed by atoms with Gasteiger partial charge in [-0.2, -0.15) is 0 Å². The number of ether oxygens (including phenoxy) is 2. The smallest absolute Gasteiger partial charge is 0.305 e. The lowest BCUT2D eigenvalue weighted by molar-refractivity contribution is -0.140. The summed E-state index contributed by atoms with van der Waals surface area (Å²) in [6.07, 6.45) is 1.43. The van der Waals surface area contributed by atoms with Gasteiger partial charge in [-0.25, -0.2) is 13.8 Å². The predicted molar refractivity (Wildman–Crippen MR) is 152 cm³/mol. The largest absolute Gasteiger partial charge is 0.469 e. The monoisotopic (exact) mass is 573 g/mol. The predicted octanol–water partition coefficient (Wildman–Crippen LogP) is 6.48. The van der Waals surface area contributed by atoms with Gasteiger partial charge in [0.1, 0.15) is 29.3 Å². The molecular formula is C32H29F2N3O5. The number of hydrogen-bond donors (Lipinski definition) is 0. The van der Waals surface area contributed by atoms with Crippen LogP contribution < -0.4 is 5.56 Å². The second-order valence-corrected chi connectivity index (χ2v) is 9.85. The van der Waals surface area contributed by atoms with Crippen molar-refractivity contribution in [2.24, 2.45) is 0 Å². The summed E-state index contributed by atoms with van der Waals surface area (Å²) in [5, 5.41) is 4.58. The average molecular weight is 574 g/mol. The van der Waals surface area contributed by atoms with Gasteiger partial charge in [-0.3, -0.25) is 14.2 Å². The maximum absolute atomic E-state index is 13.7. The first-order valence-corrected chi connectivity index (χ1v) is 13.5. The van der Waals surface area contributed by atoms with Crippen LogP contribution in [-0.2, 0) is 27.3 Å². The third-order valence-electron chi connectivity index (χ3n) is 6.92. The molecule has 3 aromatic carbocycles. The summed E-state index contributed by atoms with van der Waals surface area (Å²) >= 11 is 0. The summed E-state index contributed by atoms with van der Waals surface area (Å²) in [6.45, 7) is 2.11. The van der Waals surface area contributed by atoms with Crippen LogP contribution in [0.15, 0.2) is 82.1 Å². The molecule has 10 heteroatoms. The van der Waals surface area contributed by atoms with Crippen molar-refractivity contribution in [1.29, 1.82) is 0 Å². The fourth-order valence-electron chi connectivity index (χ4n) is 4.57. The minimum Gasteiger partial charge on any atom is -0.469 e. The average Bonchev–Trinajstić information content (AvgIpc) is 3.50. The molecule has 0 fully saturated rings. The molecule has 0 bridgehead atoms. The van der Waals surface area contributed by atoms with Gasteiger partial charge in [-0.05, 0) is 73.9 Å².